The van der Waals surface area contributed by atoms with E-state index in [2.05, 4.69) is 0 Å². The average molecular weight is 281 g/mol. The van der Waals surface area contributed by atoms with Crippen LogP contribution in [0.25, 0.3) is 0 Å². The quantitative estimate of drug-likeness (QED) is 0.536. The van der Waals surface area contributed by atoms with Crippen molar-refractivity contribution in [2.45, 2.75) is 4.90 Å². The SMILES string of the molecule is NS(=O)(=O)c1ccc([As](=O)(O)O)cc1. The Kier molecular flexibility index (Phi) is 2.89. The molecule has 0 atom stereocenters. The molecular formula is C6H8AsNO5S. The number of benzene rings is 1. The standard InChI is InChI=1S/C6H8AsNO5S/c8-14(12,13)6-3-1-5(2-4-6)7(9,10)11/h1-4H,(H2,8,12,13)(H2,9,10,11). The van der Waals surface area contributed by atoms with Crippen molar-refractivity contribution in [3.63, 3.8) is 0 Å². The second-order valence-electron chi connectivity index (χ2n) is 2.58. The third-order valence-electron chi connectivity index (χ3n) is 1.50. The molecule has 0 bridgehead atoms. The number of rotatable bonds is 2. The first-order valence-corrected chi connectivity index (χ1v) is 8.33. The molecule has 0 aliphatic carbocycles. The summed E-state index contributed by atoms with van der Waals surface area (Å²) in [7, 11) is -3.81. The fourth-order valence-corrected chi connectivity index (χ4v) is 2.47. The van der Waals surface area contributed by atoms with E-state index < -0.39 is 24.2 Å². The first-order chi connectivity index (χ1) is 6.21. The molecular weight excluding hydrogens is 273 g/mol. The molecule has 1 aromatic rings. The summed E-state index contributed by atoms with van der Waals surface area (Å²) in [6.45, 7) is 0. The predicted molar refractivity (Wildman–Crippen MR) is 48.3 cm³/mol. The van der Waals surface area contributed by atoms with E-state index in [0.29, 0.717) is 0 Å². The van der Waals surface area contributed by atoms with Crippen LogP contribution in [0.5, 0.6) is 0 Å². The van der Waals surface area contributed by atoms with E-state index in [4.69, 9.17) is 13.3 Å². The van der Waals surface area contributed by atoms with Crippen molar-refractivity contribution in [2.75, 3.05) is 0 Å². The number of primary sulfonamides is 1. The zero-order chi connectivity index (χ0) is 11.0. The van der Waals surface area contributed by atoms with Crippen LogP contribution in [0.15, 0.2) is 29.2 Å². The van der Waals surface area contributed by atoms with Crippen molar-refractivity contribution in [2.24, 2.45) is 5.14 Å². The molecule has 0 amide bonds. The van der Waals surface area contributed by atoms with Gasteiger partial charge in [0.15, 0.2) is 0 Å². The maximum absolute atomic E-state index is 10.8. The normalized spacial score (nSPS) is 12.8. The van der Waals surface area contributed by atoms with Gasteiger partial charge < -0.3 is 0 Å². The molecule has 0 aromatic heterocycles. The van der Waals surface area contributed by atoms with E-state index >= 15 is 0 Å². The Balaban J connectivity index is 3.21. The van der Waals surface area contributed by atoms with Crippen LogP contribution in [0.4, 0.5) is 0 Å². The fraction of sp³-hybridized carbons (Fsp3) is 0. The van der Waals surface area contributed by atoms with Crippen molar-refractivity contribution >= 4 is 28.5 Å². The molecule has 6 nitrogen and oxygen atoms in total. The maximum atomic E-state index is 10.8. The molecule has 1 rings (SSSR count). The van der Waals surface area contributed by atoms with Crippen molar-refractivity contribution in [1.82, 2.24) is 0 Å². The summed E-state index contributed by atoms with van der Waals surface area (Å²) in [5.74, 6) is 0. The zero-order valence-electron chi connectivity index (χ0n) is 6.86. The van der Waals surface area contributed by atoms with Gasteiger partial charge in [0.2, 0.25) is 0 Å². The van der Waals surface area contributed by atoms with Gasteiger partial charge in [-0.25, -0.2) is 0 Å². The van der Waals surface area contributed by atoms with E-state index in [-0.39, 0.29) is 9.25 Å². The Morgan fingerprint density at radius 3 is 1.86 bits per heavy atom. The first-order valence-electron chi connectivity index (χ1n) is 3.40. The van der Waals surface area contributed by atoms with Gasteiger partial charge in [0.05, 0.1) is 0 Å². The van der Waals surface area contributed by atoms with Crippen LogP contribution in [-0.2, 0) is 13.8 Å². The van der Waals surface area contributed by atoms with Gasteiger partial charge >= 0.3 is 83.2 Å². The molecule has 0 spiro atoms. The topological polar surface area (TPSA) is 118 Å². The van der Waals surface area contributed by atoms with E-state index in [0.717, 1.165) is 24.3 Å². The molecule has 4 N–H and O–H groups in total. The van der Waals surface area contributed by atoms with Gasteiger partial charge in [-0.05, 0) is 0 Å². The molecule has 14 heavy (non-hydrogen) atoms. The van der Waals surface area contributed by atoms with Crippen LogP contribution in [0.3, 0.4) is 0 Å². The van der Waals surface area contributed by atoms with Gasteiger partial charge in [-0.3, -0.25) is 0 Å². The minimum absolute atomic E-state index is 0.176. The van der Waals surface area contributed by atoms with Crippen LogP contribution < -0.4 is 9.49 Å². The van der Waals surface area contributed by atoms with Gasteiger partial charge in [-0.15, -0.1) is 0 Å². The van der Waals surface area contributed by atoms with Gasteiger partial charge in [0.1, 0.15) is 0 Å². The molecule has 1 aromatic carbocycles. The number of sulfonamides is 1. The van der Waals surface area contributed by atoms with E-state index in [9.17, 15) is 12.2 Å². The van der Waals surface area contributed by atoms with Crippen LogP contribution in [-0.4, -0.2) is 30.8 Å². The van der Waals surface area contributed by atoms with Gasteiger partial charge in [0.25, 0.3) is 0 Å². The van der Waals surface area contributed by atoms with Crippen LogP contribution in [0.2, 0.25) is 0 Å². The van der Waals surface area contributed by atoms with E-state index in [1.54, 1.807) is 0 Å². The monoisotopic (exact) mass is 281 g/mol. The van der Waals surface area contributed by atoms with Crippen LogP contribution in [0, 0.1) is 0 Å². The molecule has 0 saturated heterocycles. The zero-order valence-corrected chi connectivity index (χ0v) is 9.55. The Labute approximate surface area is 83.4 Å². The van der Waals surface area contributed by atoms with Crippen molar-refractivity contribution in [1.29, 1.82) is 0 Å². The van der Waals surface area contributed by atoms with Crippen molar-refractivity contribution in [3.8, 4) is 0 Å². The molecule has 0 aliphatic heterocycles. The summed E-state index contributed by atoms with van der Waals surface area (Å²) < 4.78 is 49.7. The van der Waals surface area contributed by atoms with Gasteiger partial charge in [-0.2, -0.15) is 0 Å². The summed E-state index contributed by atoms with van der Waals surface area (Å²) in [4.78, 5) is -0.176. The minimum atomic E-state index is -4.93. The molecule has 0 radical (unpaired) electrons. The molecule has 0 heterocycles. The molecule has 0 aliphatic rings. The second-order valence-corrected chi connectivity index (χ2v) is 7.51. The number of hydrogen-bond acceptors (Lipinski definition) is 3. The fourth-order valence-electron chi connectivity index (χ4n) is 0.830. The summed E-state index contributed by atoms with van der Waals surface area (Å²) in [5.41, 5.74) is 0. The van der Waals surface area contributed by atoms with Crippen LogP contribution >= 0.6 is 0 Å². The van der Waals surface area contributed by atoms with E-state index in [1.165, 1.54) is 0 Å². The van der Waals surface area contributed by atoms with E-state index in [1.807, 2.05) is 0 Å². The molecule has 8 heteroatoms. The summed E-state index contributed by atoms with van der Waals surface area (Å²) in [5, 5.41) is 4.80. The Hall–Kier alpha value is -0.592. The van der Waals surface area contributed by atoms with Gasteiger partial charge in [-0.1, -0.05) is 0 Å². The molecule has 78 valence electrons. The van der Waals surface area contributed by atoms with Crippen molar-refractivity contribution in [3.05, 3.63) is 24.3 Å². The molecule has 0 fully saturated rings. The Morgan fingerprint density at radius 2 is 1.57 bits per heavy atom. The predicted octanol–water partition coefficient (Wildman–Crippen LogP) is -2.10. The second kappa shape index (κ2) is 3.52. The Morgan fingerprint density at radius 1 is 1.14 bits per heavy atom. The third-order valence-corrected chi connectivity index (χ3v) is 4.47. The average Bonchev–Trinajstić information content (AvgIpc) is 2.01. The summed E-state index contributed by atoms with van der Waals surface area (Å²) >= 11 is -4.93. The van der Waals surface area contributed by atoms with Crippen molar-refractivity contribution < 1.29 is 20.3 Å². The third kappa shape index (κ3) is 2.70. The first kappa shape index (κ1) is 11.5. The number of nitrogens with two attached hydrogens (primary N) is 1. The Bertz CT molecular complexity index is 473. The van der Waals surface area contributed by atoms with Crippen LogP contribution in [0.1, 0.15) is 0 Å². The molecule has 0 saturated carbocycles. The summed E-state index contributed by atoms with van der Waals surface area (Å²) in [6.07, 6.45) is 0. The molecule has 0 unspecified atom stereocenters. The number of hydrogen-bond donors (Lipinski definition) is 3. The van der Waals surface area contributed by atoms with Gasteiger partial charge in [0, 0.05) is 0 Å². The summed E-state index contributed by atoms with van der Waals surface area (Å²) in [6, 6.07) is 4.23.